The number of carbonyl (C=O) groups excluding carboxylic acids is 2. The quantitative estimate of drug-likeness (QED) is 0.759. The topological polar surface area (TPSA) is 104 Å². The molecule has 0 aliphatic heterocycles. The van der Waals surface area contributed by atoms with E-state index in [1.165, 1.54) is 48.9 Å². The van der Waals surface area contributed by atoms with E-state index in [4.69, 9.17) is 0 Å². The Balaban J connectivity index is 1.53. The second kappa shape index (κ2) is 8.06. The fourth-order valence-electron chi connectivity index (χ4n) is 2.86. The van der Waals surface area contributed by atoms with Gasteiger partial charge in [-0.25, -0.2) is 4.98 Å². The lowest BCUT2D eigenvalue weighted by Gasteiger charge is -2.22. The summed E-state index contributed by atoms with van der Waals surface area (Å²) in [6, 6.07) is 3.01. The smallest absolute Gasteiger partial charge is 0.258 e. The minimum absolute atomic E-state index is 0.0317. The van der Waals surface area contributed by atoms with Crippen LogP contribution in [0.15, 0.2) is 28.5 Å². The number of nitrogens with one attached hydrogen (secondary N) is 3. The Morgan fingerprint density at radius 2 is 2.04 bits per heavy atom. The highest BCUT2D eigenvalue weighted by atomic mass is 32.1. The third kappa shape index (κ3) is 4.99. The molecule has 2 amide bonds. The Hall–Kier alpha value is -2.48. The second-order valence-electron chi connectivity index (χ2n) is 6.12. The highest BCUT2D eigenvalue weighted by molar-refractivity contribution is 7.14. The maximum atomic E-state index is 12.1. The zero-order valence-corrected chi connectivity index (χ0v) is 14.5. The zero-order valence-electron chi connectivity index (χ0n) is 13.7. The van der Waals surface area contributed by atoms with Gasteiger partial charge in [0.1, 0.15) is 0 Å². The van der Waals surface area contributed by atoms with Crippen molar-refractivity contribution in [3.8, 4) is 0 Å². The molecule has 0 aromatic carbocycles. The van der Waals surface area contributed by atoms with E-state index in [1.807, 2.05) is 0 Å². The van der Waals surface area contributed by atoms with Gasteiger partial charge in [-0.15, -0.1) is 11.3 Å². The lowest BCUT2D eigenvalue weighted by Crippen LogP contribution is -2.37. The molecule has 0 unspecified atom stereocenters. The van der Waals surface area contributed by atoms with E-state index >= 15 is 0 Å². The highest BCUT2D eigenvalue weighted by Crippen LogP contribution is 2.19. The molecular formula is C17H20N4O3S. The summed E-state index contributed by atoms with van der Waals surface area (Å²) >= 11 is 1.27. The number of pyridine rings is 1. The van der Waals surface area contributed by atoms with Crippen molar-refractivity contribution < 1.29 is 9.59 Å². The molecule has 0 bridgehead atoms. The van der Waals surface area contributed by atoms with Gasteiger partial charge in [-0.3, -0.25) is 19.7 Å². The van der Waals surface area contributed by atoms with Crippen molar-refractivity contribution in [2.24, 2.45) is 0 Å². The molecule has 132 valence electrons. The van der Waals surface area contributed by atoms with Crippen LogP contribution < -0.4 is 16.2 Å². The van der Waals surface area contributed by atoms with Crippen molar-refractivity contribution in [1.29, 1.82) is 0 Å². The van der Waals surface area contributed by atoms with Gasteiger partial charge < -0.3 is 10.3 Å². The number of rotatable bonds is 5. The van der Waals surface area contributed by atoms with Crippen molar-refractivity contribution >= 4 is 28.3 Å². The number of anilines is 1. The standard InChI is InChI=1S/C17H20N4O3S/c22-14-7-6-11(9-18-14)16(24)21-17-20-13(10-25-17)8-15(23)19-12-4-2-1-3-5-12/h6-7,9-10,12H,1-5,8H2,(H,18,22)(H,19,23)(H,20,21,24). The van der Waals surface area contributed by atoms with Gasteiger partial charge >= 0.3 is 0 Å². The number of carbonyl (C=O) groups is 2. The Morgan fingerprint density at radius 3 is 2.76 bits per heavy atom. The molecule has 2 aromatic rings. The number of thiazole rings is 1. The largest absolute Gasteiger partial charge is 0.353 e. The third-order valence-corrected chi connectivity index (χ3v) is 4.94. The summed E-state index contributed by atoms with van der Waals surface area (Å²) in [5.41, 5.74) is 0.707. The summed E-state index contributed by atoms with van der Waals surface area (Å²) in [5, 5.41) is 7.91. The van der Waals surface area contributed by atoms with Gasteiger partial charge in [-0.1, -0.05) is 19.3 Å². The lowest BCUT2D eigenvalue weighted by atomic mass is 9.95. The van der Waals surface area contributed by atoms with Crippen LogP contribution in [0, 0.1) is 0 Å². The van der Waals surface area contributed by atoms with Crippen LogP contribution in [0.1, 0.15) is 48.2 Å². The molecule has 8 heteroatoms. The Morgan fingerprint density at radius 1 is 1.24 bits per heavy atom. The number of hydrogen-bond acceptors (Lipinski definition) is 5. The first kappa shape index (κ1) is 17.3. The maximum absolute atomic E-state index is 12.1. The summed E-state index contributed by atoms with van der Waals surface area (Å²) in [6.45, 7) is 0. The van der Waals surface area contributed by atoms with Gasteiger partial charge in [-0.2, -0.15) is 0 Å². The number of amides is 2. The average Bonchev–Trinajstić information content (AvgIpc) is 3.03. The maximum Gasteiger partial charge on any atom is 0.258 e. The van der Waals surface area contributed by atoms with Crippen molar-refractivity contribution in [2.45, 2.75) is 44.6 Å². The molecule has 0 spiro atoms. The number of aromatic amines is 1. The summed E-state index contributed by atoms with van der Waals surface area (Å²) in [6.07, 6.45) is 7.24. The highest BCUT2D eigenvalue weighted by Gasteiger charge is 2.17. The van der Waals surface area contributed by atoms with Crippen LogP contribution in [-0.4, -0.2) is 27.8 Å². The number of H-pyrrole nitrogens is 1. The SMILES string of the molecule is O=C(Cc1csc(NC(=O)c2ccc(=O)[nH]c2)n1)NC1CCCCC1. The summed E-state index contributed by atoms with van der Waals surface area (Å²) in [5.74, 6) is -0.389. The molecule has 0 atom stereocenters. The predicted molar refractivity (Wildman–Crippen MR) is 95.8 cm³/mol. The van der Waals surface area contributed by atoms with Crippen LogP contribution in [0.3, 0.4) is 0 Å². The van der Waals surface area contributed by atoms with E-state index < -0.39 is 0 Å². The molecule has 1 fully saturated rings. The van der Waals surface area contributed by atoms with Crippen LogP contribution >= 0.6 is 11.3 Å². The molecule has 1 aliphatic rings. The molecule has 1 aliphatic carbocycles. The van der Waals surface area contributed by atoms with Gasteiger partial charge in [0.15, 0.2) is 5.13 Å². The van der Waals surface area contributed by atoms with Gasteiger partial charge in [0, 0.05) is 23.7 Å². The molecule has 0 saturated heterocycles. The minimum Gasteiger partial charge on any atom is -0.353 e. The number of hydrogen-bond donors (Lipinski definition) is 3. The van der Waals surface area contributed by atoms with Crippen LogP contribution in [-0.2, 0) is 11.2 Å². The van der Waals surface area contributed by atoms with Crippen LogP contribution in [0.2, 0.25) is 0 Å². The molecule has 0 radical (unpaired) electrons. The van der Waals surface area contributed by atoms with Gasteiger partial charge in [0.2, 0.25) is 11.5 Å². The lowest BCUT2D eigenvalue weighted by molar-refractivity contribution is -0.121. The van der Waals surface area contributed by atoms with Crippen molar-refractivity contribution in [3.63, 3.8) is 0 Å². The monoisotopic (exact) mass is 360 g/mol. The molecule has 3 rings (SSSR count). The summed E-state index contributed by atoms with van der Waals surface area (Å²) < 4.78 is 0. The van der Waals surface area contributed by atoms with Crippen LogP contribution in [0.5, 0.6) is 0 Å². The van der Waals surface area contributed by atoms with Crippen LogP contribution in [0.4, 0.5) is 5.13 Å². The first-order chi connectivity index (χ1) is 12.1. The molecule has 2 aromatic heterocycles. The molecule has 25 heavy (non-hydrogen) atoms. The normalized spacial score (nSPS) is 14.9. The zero-order chi connectivity index (χ0) is 17.6. The second-order valence-corrected chi connectivity index (χ2v) is 6.98. The number of nitrogens with zero attached hydrogens (tertiary/aromatic N) is 1. The Kier molecular flexibility index (Phi) is 5.60. The van der Waals surface area contributed by atoms with Gasteiger partial charge in [0.25, 0.3) is 5.91 Å². The first-order valence-electron chi connectivity index (χ1n) is 8.34. The van der Waals surface area contributed by atoms with Gasteiger partial charge in [0.05, 0.1) is 17.7 Å². The van der Waals surface area contributed by atoms with Gasteiger partial charge in [-0.05, 0) is 18.9 Å². The molecule has 2 heterocycles. The summed E-state index contributed by atoms with van der Waals surface area (Å²) in [4.78, 5) is 41.9. The Labute approximate surface area is 148 Å². The first-order valence-corrected chi connectivity index (χ1v) is 9.22. The molecule has 7 nitrogen and oxygen atoms in total. The predicted octanol–water partition coefficient (Wildman–Crippen LogP) is 2.08. The molecule has 1 saturated carbocycles. The molecule has 3 N–H and O–H groups in total. The number of aromatic nitrogens is 2. The summed E-state index contributed by atoms with van der Waals surface area (Å²) in [7, 11) is 0. The van der Waals surface area contributed by atoms with E-state index in [-0.39, 0.29) is 29.8 Å². The van der Waals surface area contributed by atoms with Crippen molar-refractivity contribution in [1.82, 2.24) is 15.3 Å². The van der Waals surface area contributed by atoms with E-state index in [0.29, 0.717) is 16.4 Å². The van der Waals surface area contributed by atoms with E-state index in [9.17, 15) is 14.4 Å². The Bertz CT molecular complexity index is 788. The van der Waals surface area contributed by atoms with Crippen molar-refractivity contribution in [2.75, 3.05) is 5.32 Å². The molecular weight excluding hydrogens is 340 g/mol. The third-order valence-electron chi connectivity index (χ3n) is 4.13. The fourth-order valence-corrected chi connectivity index (χ4v) is 3.56. The van der Waals surface area contributed by atoms with Crippen molar-refractivity contribution in [3.05, 3.63) is 45.3 Å². The van der Waals surface area contributed by atoms with E-state index in [2.05, 4.69) is 20.6 Å². The fraction of sp³-hybridized carbons (Fsp3) is 0.412. The van der Waals surface area contributed by atoms with E-state index in [1.54, 1.807) is 5.38 Å². The van der Waals surface area contributed by atoms with E-state index in [0.717, 1.165) is 12.8 Å². The average molecular weight is 360 g/mol. The van der Waals surface area contributed by atoms with Crippen LogP contribution in [0.25, 0.3) is 0 Å². The minimum atomic E-state index is -0.358.